The molecule has 0 aliphatic rings. The third kappa shape index (κ3) is 8.65. The Kier molecular flexibility index (Phi) is 9.86. The highest BCUT2D eigenvalue weighted by molar-refractivity contribution is 7.99. The Morgan fingerprint density at radius 2 is 1.90 bits per heavy atom. The third-order valence-corrected chi connectivity index (χ3v) is 4.38. The smallest absolute Gasteiger partial charge is 0.0206 e. The van der Waals surface area contributed by atoms with E-state index in [-0.39, 0.29) is 0 Å². The first-order valence-electron chi connectivity index (χ1n) is 8.14. The summed E-state index contributed by atoms with van der Waals surface area (Å²) in [5.41, 5.74) is 1.40. The summed E-state index contributed by atoms with van der Waals surface area (Å²) in [5, 5.41) is 3.51. The van der Waals surface area contributed by atoms with Crippen LogP contribution in [0.1, 0.15) is 58.4 Å². The second-order valence-electron chi connectivity index (χ2n) is 5.93. The zero-order chi connectivity index (χ0) is 14.6. The first kappa shape index (κ1) is 17.6. The van der Waals surface area contributed by atoms with E-state index in [9.17, 15) is 0 Å². The second-order valence-corrected chi connectivity index (χ2v) is 7.10. The van der Waals surface area contributed by atoms with Crippen molar-refractivity contribution in [3.05, 3.63) is 29.8 Å². The summed E-state index contributed by atoms with van der Waals surface area (Å²) in [4.78, 5) is 1.42. The fraction of sp³-hybridized carbons (Fsp3) is 0.667. The van der Waals surface area contributed by atoms with Crippen LogP contribution in [0.3, 0.4) is 0 Å². The van der Waals surface area contributed by atoms with Crippen molar-refractivity contribution >= 4 is 11.8 Å². The van der Waals surface area contributed by atoms with Crippen molar-refractivity contribution in [1.29, 1.82) is 0 Å². The van der Waals surface area contributed by atoms with Gasteiger partial charge in [0.25, 0.3) is 0 Å². The van der Waals surface area contributed by atoms with Crippen LogP contribution in [0.15, 0.2) is 29.2 Å². The van der Waals surface area contributed by atoms with Crippen LogP contribution < -0.4 is 5.32 Å². The predicted octanol–water partition coefficient (Wildman–Crippen LogP) is 5.49. The van der Waals surface area contributed by atoms with E-state index in [4.69, 9.17) is 0 Å². The molecule has 1 nitrogen and oxygen atoms in total. The van der Waals surface area contributed by atoms with Gasteiger partial charge in [-0.05, 0) is 42.3 Å². The SMILES string of the molecule is CCCCCCCSc1cccc(CNCC(C)C)c1. The lowest BCUT2D eigenvalue weighted by Gasteiger charge is -2.09. The number of benzene rings is 1. The van der Waals surface area contributed by atoms with Gasteiger partial charge >= 0.3 is 0 Å². The molecule has 0 aliphatic heterocycles. The molecule has 0 atom stereocenters. The van der Waals surface area contributed by atoms with E-state index in [0.717, 1.165) is 19.0 Å². The molecule has 1 N–H and O–H groups in total. The molecule has 1 aromatic carbocycles. The molecule has 1 rings (SSSR count). The maximum absolute atomic E-state index is 3.51. The Morgan fingerprint density at radius 1 is 1.10 bits per heavy atom. The topological polar surface area (TPSA) is 12.0 Å². The van der Waals surface area contributed by atoms with Gasteiger partial charge < -0.3 is 5.32 Å². The highest BCUT2D eigenvalue weighted by Gasteiger charge is 1.98. The van der Waals surface area contributed by atoms with Crippen LogP contribution in [-0.2, 0) is 6.54 Å². The number of rotatable bonds is 11. The fourth-order valence-corrected chi connectivity index (χ4v) is 3.14. The predicted molar refractivity (Wildman–Crippen MR) is 92.5 cm³/mol. The van der Waals surface area contributed by atoms with Crippen LogP contribution in [-0.4, -0.2) is 12.3 Å². The van der Waals surface area contributed by atoms with E-state index >= 15 is 0 Å². The minimum atomic E-state index is 0.718. The molecule has 0 aromatic heterocycles. The molecule has 114 valence electrons. The van der Waals surface area contributed by atoms with Gasteiger partial charge in [-0.2, -0.15) is 0 Å². The molecule has 0 saturated heterocycles. The lowest BCUT2D eigenvalue weighted by atomic mass is 10.2. The van der Waals surface area contributed by atoms with Crippen LogP contribution in [0.5, 0.6) is 0 Å². The van der Waals surface area contributed by atoms with Crippen molar-refractivity contribution in [3.63, 3.8) is 0 Å². The summed E-state index contributed by atoms with van der Waals surface area (Å²) in [6.07, 6.45) is 6.85. The summed E-state index contributed by atoms with van der Waals surface area (Å²) >= 11 is 2.00. The molecule has 0 spiro atoms. The van der Waals surface area contributed by atoms with Crippen molar-refractivity contribution in [1.82, 2.24) is 5.32 Å². The molecule has 0 bridgehead atoms. The maximum atomic E-state index is 3.51. The lowest BCUT2D eigenvalue weighted by molar-refractivity contribution is 0.552. The molecule has 20 heavy (non-hydrogen) atoms. The van der Waals surface area contributed by atoms with Crippen molar-refractivity contribution in [2.75, 3.05) is 12.3 Å². The number of unbranched alkanes of at least 4 members (excludes halogenated alkanes) is 4. The van der Waals surface area contributed by atoms with E-state index in [1.807, 2.05) is 11.8 Å². The van der Waals surface area contributed by atoms with Crippen molar-refractivity contribution in [2.24, 2.45) is 5.92 Å². The summed E-state index contributed by atoms with van der Waals surface area (Å²) in [6.45, 7) is 8.85. The summed E-state index contributed by atoms with van der Waals surface area (Å²) in [7, 11) is 0. The fourth-order valence-electron chi connectivity index (χ4n) is 2.15. The van der Waals surface area contributed by atoms with Gasteiger partial charge in [-0.15, -0.1) is 11.8 Å². The van der Waals surface area contributed by atoms with E-state index in [2.05, 4.69) is 50.4 Å². The number of nitrogens with one attached hydrogen (secondary N) is 1. The Morgan fingerprint density at radius 3 is 2.65 bits per heavy atom. The molecule has 0 saturated carbocycles. The van der Waals surface area contributed by atoms with Gasteiger partial charge in [0, 0.05) is 11.4 Å². The lowest BCUT2D eigenvalue weighted by Crippen LogP contribution is -2.18. The zero-order valence-electron chi connectivity index (χ0n) is 13.5. The monoisotopic (exact) mass is 293 g/mol. The molecular formula is C18H31NS. The van der Waals surface area contributed by atoms with Crippen molar-refractivity contribution < 1.29 is 0 Å². The third-order valence-electron chi connectivity index (χ3n) is 3.30. The average molecular weight is 294 g/mol. The van der Waals surface area contributed by atoms with E-state index in [1.165, 1.54) is 48.3 Å². The summed E-state index contributed by atoms with van der Waals surface area (Å²) in [6, 6.07) is 8.98. The highest BCUT2D eigenvalue weighted by atomic mass is 32.2. The van der Waals surface area contributed by atoms with Crippen LogP contribution in [0, 0.1) is 5.92 Å². The minimum absolute atomic E-state index is 0.718. The Labute approximate surface area is 129 Å². The van der Waals surface area contributed by atoms with Crippen molar-refractivity contribution in [2.45, 2.75) is 64.3 Å². The van der Waals surface area contributed by atoms with E-state index in [0.29, 0.717) is 0 Å². The molecule has 1 aromatic rings. The molecule has 2 heteroatoms. The first-order valence-corrected chi connectivity index (χ1v) is 9.13. The van der Waals surface area contributed by atoms with Gasteiger partial charge in [-0.1, -0.05) is 58.6 Å². The van der Waals surface area contributed by atoms with Crippen LogP contribution >= 0.6 is 11.8 Å². The summed E-state index contributed by atoms with van der Waals surface area (Å²) in [5.74, 6) is 1.97. The van der Waals surface area contributed by atoms with Crippen LogP contribution in [0.4, 0.5) is 0 Å². The van der Waals surface area contributed by atoms with Gasteiger partial charge in [0.2, 0.25) is 0 Å². The standard InChI is InChI=1S/C18H31NS/c1-4-5-6-7-8-12-20-18-11-9-10-17(13-18)15-19-14-16(2)3/h9-11,13,16,19H,4-8,12,14-15H2,1-3H3. The second kappa shape index (κ2) is 11.2. The Balaban J connectivity index is 2.22. The van der Waals surface area contributed by atoms with E-state index < -0.39 is 0 Å². The highest BCUT2D eigenvalue weighted by Crippen LogP contribution is 2.21. The quantitative estimate of drug-likeness (QED) is 0.427. The summed E-state index contributed by atoms with van der Waals surface area (Å²) < 4.78 is 0. The van der Waals surface area contributed by atoms with Gasteiger partial charge in [0.15, 0.2) is 0 Å². The first-order chi connectivity index (χ1) is 9.72. The normalized spacial score (nSPS) is 11.2. The van der Waals surface area contributed by atoms with Gasteiger partial charge in [0.1, 0.15) is 0 Å². The van der Waals surface area contributed by atoms with E-state index in [1.54, 1.807) is 0 Å². The maximum Gasteiger partial charge on any atom is 0.0206 e. The van der Waals surface area contributed by atoms with Gasteiger partial charge in [-0.25, -0.2) is 0 Å². The molecule has 0 aliphatic carbocycles. The van der Waals surface area contributed by atoms with Gasteiger partial charge in [-0.3, -0.25) is 0 Å². The molecule has 0 heterocycles. The van der Waals surface area contributed by atoms with Crippen LogP contribution in [0.2, 0.25) is 0 Å². The Hall–Kier alpha value is -0.470. The minimum Gasteiger partial charge on any atom is -0.312 e. The van der Waals surface area contributed by atoms with Crippen LogP contribution in [0.25, 0.3) is 0 Å². The Bertz CT molecular complexity index is 349. The number of thioether (sulfide) groups is 1. The number of hydrogen-bond donors (Lipinski definition) is 1. The van der Waals surface area contributed by atoms with Crippen molar-refractivity contribution in [3.8, 4) is 0 Å². The molecule has 0 amide bonds. The average Bonchev–Trinajstić information content (AvgIpc) is 2.43. The largest absolute Gasteiger partial charge is 0.312 e. The molecular weight excluding hydrogens is 262 g/mol. The molecule has 0 radical (unpaired) electrons. The zero-order valence-corrected chi connectivity index (χ0v) is 14.3. The molecule has 0 unspecified atom stereocenters. The number of hydrogen-bond acceptors (Lipinski definition) is 2. The van der Waals surface area contributed by atoms with Gasteiger partial charge in [0.05, 0.1) is 0 Å². The molecule has 0 fully saturated rings.